The highest BCUT2D eigenvalue weighted by Crippen LogP contribution is 2.35. The van der Waals surface area contributed by atoms with Gasteiger partial charge in [-0.05, 0) is 44.9 Å². The van der Waals surface area contributed by atoms with Crippen molar-refractivity contribution in [2.75, 3.05) is 7.05 Å². The van der Waals surface area contributed by atoms with E-state index < -0.39 is 0 Å². The molecule has 0 aliphatic carbocycles. The van der Waals surface area contributed by atoms with Crippen molar-refractivity contribution in [2.24, 2.45) is 4.99 Å². The molecular weight excluding hydrogens is 263 g/mol. The Balaban J connectivity index is 1.74. The minimum Gasteiger partial charge on any atom is -0.300 e. The Morgan fingerprint density at radius 1 is 1.32 bits per heavy atom. The molecule has 1 aromatic carbocycles. The molecule has 2 fully saturated rings. The molecule has 2 heterocycles. The van der Waals surface area contributed by atoms with Crippen LogP contribution in [0.3, 0.4) is 0 Å². The fourth-order valence-corrected chi connectivity index (χ4v) is 3.53. The summed E-state index contributed by atoms with van der Waals surface area (Å²) in [7, 11) is 2.20. The average Bonchev–Trinajstić information content (AvgIpc) is 2.62. The van der Waals surface area contributed by atoms with Gasteiger partial charge in [-0.25, -0.2) is 4.39 Å². The van der Waals surface area contributed by atoms with E-state index in [0.29, 0.717) is 28.7 Å². The van der Waals surface area contributed by atoms with Gasteiger partial charge in [-0.2, -0.15) is 0 Å². The molecule has 0 radical (unpaired) electrons. The highest BCUT2D eigenvalue weighted by atomic mass is 35.5. The standard InChI is InChI=1S/C15H18ClFN2/c1-19-11-5-6-12(19)8-10(7-11)18-9-13-14(16)3-2-4-15(13)17/h2-4,9-12H,5-8H2,1H3/t10?,11-,12+. The monoisotopic (exact) mass is 280 g/mol. The second-order valence-electron chi connectivity index (χ2n) is 5.59. The number of hydrogen-bond acceptors (Lipinski definition) is 2. The van der Waals surface area contributed by atoms with Gasteiger partial charge < -0.3 is 4.90 Å². The quantitative estimate of drug-likeness (QED) is 0.757. The van der Waals surface area contributed by atoms with Crippen LogP contribution in [0.4, 0.5) is 4.39 Å². The highest BCUT2D eigenvalue weighted by molar-refractivity contribution is 6.33. The highest BCUT2D eigenvalue weighted by Gasteiger charge is 2.38. The molecule has 0 saturated carbocycles. The molecular formula is C15H18ClFN2. The van der Waals surface area contributed by atoms with Crippen molar-refractivity contribution in [2.45, 2.75) is 43.8 Å². The second kappa shape index (κ2) is 5.22. The van der Waals surface area contributed by atoms with Gasteiger partial charge in [0.15, 0.2) is 0 Å². The zero-order chi connectivity index (χ0) is 13.4. The van der Waals surface area contributed by atoms with Crippen molar-refractivity contribution in [1.29, 1.82) is 0 Å². The molecule has 3 rings (SSSR count). The third kappa shape index (κ3) is 2.54. The predicted octanol–water partition coefficient (Wildman–Crippen LogP) is 3.52. The lowest BCUT2D eigenvalue weighted by molar-refractivity contribution is 0.164. The van der Waals surface area contributed by atoms with Gasteiger partial charge in [-0.15, -0.1) is 0 Å². The van der Waals surface area contributed by atoms with Crippen molar-refractivity contribution >= 4 is 17.8 Å². The molecule has 2 nitrogen and oxygen atoms in total. The lowest BCUT2D eigenvalue weighted by atomic mass is 9.98. The first-order valence-corrected chi connectivity index (χ1v) is 7.22. The van der Waals surface area contributed by atoms with Gasteiger partial charge >= 0.3 is 0 Å². The first-order chi connectivity index (χ1) is 9.15. The van der Waals surface area contributed by atoms with Crippen LogP contribution >= 0.6 is 11.6 Å². The van der Waals surface area contributed by atoms with Crippen molar-refractivity contribution in [3.8, 4) is 0 Å². The number of piperidine rings is 1. The number of fused-ring (bicyclic) bond motifs is 2. The fraction of sp³-hybridized carbons (Fsp3) is 0.533. The van der Waals surface area contributed by atoms with Crippen LogP contribution in [0.2, 0.25) is 5.02 Å². The molecule has 0 spiro atoms. The molecule has 4 heteroatoms. The van der Waals surface area contributed by atoms with Crippen molar-refractivity contribution < 1.29 is 4.39 Å². The minimum absolute atomic E-state index is 0.299. The zero-order valence-corrected chi connectivity index (χ0v) is 11.8. The molecule has 19 heavy (non-hydrogen) atoms. The van der Waals surface area contributed by atoms with Crippen LogP contribution < -0.4 is 0 Å². The molecule has 2 aliphatic heterocycles. The number of benzene rings is 1. The summed E-state index contributed by atoms with van der Waals surface area (Å²) in [6.07, 6.45) is 6.32. The summed E-state index contributed by atoms with van der Waals surface area (Å²) in [6.45, 7) is 0. The summed E-state index contributed by atoms with van der Waals surface area (Å²) >= 11 is 6.00. The fourth-order valence-electron chi connectivity index (χ4n) is 3.32. The molecule has 1 aromatic rings. The van der Waals surface area contributed by atoms with Crippen molar-refractivity contribution in [1.82, 2.24) is 4.90 Å². The summed E-state index contributed by atoms with van der Waals surface area (Å²) < 4.78 is 13.6. The third-order valence-electron chi connectivity index (χ3n) is 4.49. The number of aliphatic imine (C=N–C) groups is 1. The van der Waals surface area contributed by atoms with Gasteiger partial charge in [0.05, 0.1) is 11.1 Å². The van der Waals surface area contributed by atoms with Gasteiger partial charge in [0.25, 0.3) is 0 Å². The Labute approximate surface area is 118 Å². The third-order valence-corrected chi connectivity index (χ3v) is 4.82. The molecule has 1 unspecified atom stereocenters. The van der Waals surface area contributed by atoms with Crippen molar-refractivity contribution in [3.05, 3.63) is 34.6 Å². The molecule has 2 aliphatic rings. The van der Waals surface area contributed by atoms with E-state index in [9.17, 15) is 4.39 Å². The lowest BCUT2D eigenvalue weighted by Gasteiger charge is -2.34. The van der Waals surface area contributed by atoms with E-state index in [1.165, 1.54) is 18.9 Å². The summed E-state index contributed by atoms with van der Waals surface area (Å²) in [4.78, 5) is 7.05. The number of rotatable bonds is 2. The largest absolute Gasteiger partial charge is 0.300 e. The Hall–Kier alpha value is -0.930. The van der Waals surface area contributed by atoms with Crippen LogP contribution in [0, 0.1) is 5.82 Å². The number of hydrogen-bond donors (Lipinski definition) is 0. The van der Waals surface area contributed by atoms with Crippen LogP contribution in [0.5, 0.6) is 0 Å². The van der Waals surface area contributed by atoms with Gasteiger partial charge in [0.2, 0.25) is 0 Å². The van der Waals surface area contributed by atoms with E-state index in [2.05, 4.69) is 16.9 Å². The lowest BCUT2D eigenvalue weighted by Crippen LogP contribution is -2.41. The first-order valence-electron chi connectivity index (χ1n) is 6.84. The summed E-state index contributed by atoms with van der Waals surface area (Å²) in [5.41, 5.74) is 0.412. The molecule has 3 atom stereocenters. The normalized spacial score (nSPS) is 31.2. The maximum atomic E-state index is 13.6. The van der Waals surface area contributed by atoms with Crippen LogP contribution in [-0.2, 0) is 0 Å². The Morgan fingerprint density at radius 3 is 2.63 bits per heavy atom. The Kier molecular flexibility index (Phi) is 3.59. The molecule has 0 aromatic heterocycles. The van der Waals surface area contributed by atoms with Crippen LogP contribution in [0.1, 0.15) is 31.2 Å². The number of halogens is 2. The number of nitrogens with zero attached hydrogens (tertiary/aromatic N) is 2. The van der Waals surface area contributed by atoms with Gasteiger partial charge in [0, 0.05) is 23.9 Å². The maximum absolute atomic E-state index is 13.6. The summed E-state index contributed by atoms with van der Waals surface area (Å²) in [5.74, 6) is -0.299. The van der Waals surface area contributed by atoms with E-state index in [4.69, 9.17) is 11.6 Å². The predicted molar refractivity (Wildman–Crippen MR) is 76.6 cm³/mol. The zero-order valence-electron chi connectivity index (χ0n) is 11.0. The van der Waals surface area contributed by atoms with Crippen molar-refractivity contribution in [3.63, 3.8) is 0 Å². The smallest absolute Gasteiger partial charge is 0.133 e. The Morgan fingerprint density at radius 2 is 2.00 bits per heavy atom. The SMILES string of the molecule is CN1[C@@H]2CC[C@H]1CC(N=Cc1c(F)cccc1Cl)C2. The van der Waals surface area contributed by atoms with E-state index in [-0.39, 0.29) is 5.82 Å². The topological polar surface area (TPSA) is 15.6 Å². The summed E-state index contributed by atoms with van der Waals surface area (Å²) in [6, 6.07) is 6.35. The van der Waals surface area contributed by atoms with Crippen LogP contribution in [-0.4, -0.2) is 36.3 Å². The molecule has 2 bridgehead atoms. The van der Waals surface area contributed by atoms with E-state index in [1.54, 1.807) is 18.3 Å². The van der Waals surface area contributed by atoms with Gasteiger partial charge in [-0.3, -0.25) is 4.99 Å². The van der Waals surface area contributed by atoms with Crippen LogP contribution in [0.15, 0.2) is 23.2 Å². The molecule has 102 valence electrons. The average molecular weight is 281 g/mol. The molecule has 0 N–H and O–H groups in total. The molecule has 2 saturated heterocycles. The maximum Gasteiger partial charge on any atom is 0.133 e. The van der Waals surface area contributed by atoms with Gasteiger partial charge in [-0.1, -0.05) is 17.7 Å². The van der Waals surface area contributed by atoms with Crippen LogP contribution in [0.25, 0.3) is 0 Å². The van der Waals surface area contributed by atoms with Gasteiger partial charge in [0.1, 0.15) is 5.82 Å². The van der Waals surface area contributed by atoms with E-state index >= 15 is 0 Å². The van der Waals surface area contributed by atoms with E-state index in [1.807, 2.05) is 0 Å². The first kappa shape index (κ1) is 13.1. The minimum atomic E-state index is -0.299. The second-order valence-corrected chi connectivity index (χ2v) is 6.00. The Bertz CT molecular complexity index is 469. The summed E-state index contributed by atoms with van der Waals surface area (Å²) in [5, 5.41) is 0.430. The van der Waals surface area contributed by atoms with E-state index in [0.717, 1.165) is 12.8 Å². The molecule has 0 amide bonds.